The predicted octanol–water partition coefficient (Wildman–Crippen LogP) is 4.70. The third-order valence-electron chi connectivity index (χ3n) is 4.22. The van der Waals surface area contributed by atoms with Crippen LogP contribution in [0, 0.1) is 0 Å². The molecule has 2 aromatic rings. The van der Waals surface area contributed by atoms with Gasteiger partial charge in [-0.25, -0.2) is 9.98 Å². The molecule has 1 aromatic carbocycles. The molecule has 2 aliphatic rings. The number of H-pyrrole nitrogens is 1. The number of likely N-dealkylation sites (tertiary alicyclic amines) is 1. The maximum atomic E-state index is 13.0. The number of aliphatic imine (C=N–C) groups is 2. The maximum Gasteiger partial charge on any atom is 0.272 e. The van der Waals surface area contributed by atoms with Gasteiger partial charge in [0.25, 0.3) is 5.91 Å². The summed E-state index contributed by atoms with van der Waals surface area (Å²) in [7, 11) is 0. The molecular formula is C17H14Br2N4OS. The molecule has 1 aromatic heterocycles. The van der Waals surface area contributed by atoms with Crippen molar-refractivity contribution in [2.75, 3.05) is 6.54 Å². The fourth-order valence-electron chi connectivity index (χ4n) is 3.04. The first-order chi connectivity index (χ1) is 12.1. The van der Waals surface area contributed by atoms with Gasteiger partial charge in [-0.3, -0.25) is 4.79 Å². The van der Waals surface area contributed by atoms with Crippen LogP contribution in [0.3, 0.4) is 0 Å². The van der Waals surface area contributed by atoms with E-state index in [1.807, 2.05) is 36.5 Å². The third-order valence-corrected chi connectivity index (χ3v) is 6.89. The lowest BCUT2D eigenvalue weighted by atomic mass is 10.1. The fourth-order valence-corrected chi connectivity index (χ4v) is 4.51. The van der Waals surface area contributed by atoms with Gasteiger partial charge in [0.05, 0.1) is 15.3 Å². The molecule has 0 saturated carbocycles. The summed E-state index contributed by atoms with van der Waals surface area (Å²) < 4.78 is 1.58. The summed E-state index contributed by atoms with van der Waals surface area (Å²) in [6.45, 7) is 0.673. The van der Waals surface area contributed by atoms with E-state index in [0.29, 0.717) is 17.4 Å². The number of amides is 1. The van der Waals surface area contributed by atoms with E-state index in [4.69, 9.17) is 4.99 Å². The Bertz CT molecular complexity index is 861. The fraction of sp³-hybridized carbons (Fsp3) is 0.235. The standard InChI is InChI=1S/C17H14Br2N4OS/c18-12-9-13(21-14(12)19)15(24)23-8-4-7-17(23)10-20-16(22-17)25-11-5-2-1-3-6-11/h1-3,5-6,9-10,21H,4,7-8H2/t17-/m1/s1. The van der Waals surface area contributed by atoms with Crippen LogP contribution in [0.2, 0.25) is 0 Å². The number of hydrogen-bond acceptors (Lipinski definition) is 4. The molecule has 128 valence electrons. The average Bonchev–Trinajstić information content (AvgIpc) is 3.30. The molecule has 4 rings (SSSR count). The molecule has 1 N–H and O–H groups in total. The highest BCUT2D eigenvalue weighted by Gasteiger charge is 2.45. The number of hydrogen-bond donors (Lipinski definition) is 1. The summed E-state index contributed by atoms with van der Waals surface area (Å²) in [6.07, 6.45) is 3.52. The normalized spacial score (nSPS) is 22.0. The Morgan fingerprint density at radius 2 is 2.08 bits per heavy atom. The van der Waals surface area contributed by atoms with Gasteiger partial charge in [0, 0.05) is 11.4 Å². The number of carbonyl (C=O) groups is 1. The molecule has 2 aliphatic heterocycles. The zero-order chi connectivity index (χ0) is 17.4. The summed E-state index contributed by atoms with van der Waals surface area (Å²) in [5.74, 6) is -0.0648. The highest BCUT2D eigenvalue weighted by molar-refractivity contribution is 9.13. The number of carbonyl (C=O) groups excluding carboxylic acids is 1. The van der Waals surface area contributed by atoms with Gasteiger partial charge in [-0.15, -0.1) is 0 Å². The quantitative estimate of drug-likeness (QED) is 0.675. The number of thioether (sulfide) groups is 1. The summed E-state index contributed by atoms with van der Waals surface area (Å²) in [5.41, 5.74) is -0.120. The molecule has 0 unspecified atom stereocenters. The first-order valence-electron chi connectivity index (χ1n) is 7.81. The van der Waals surface area contributed by atoms with E-state index in [0.717, 1.165) is 26.8 Å². The number of benzene rings is 1. The van der Waals surface area contributed by atoms with E-state index in [1.165, 1.54) is 11.8 Å². The number of rotatable bonds is 2. The lowest BCUT2D eigenvalue weighted by molar-refractivity contribution is 0.0697. The van der Waals surface area contributed by atoms with Crippen molar-refractivity contribution in [3.63, 3.8) is 0 Å². The van der Waals surface area contributed by atoms with Crippen LogP contribution in [-0.4, -0.2) is 39.4 Å². The maximum absolute atomic E-state index is 13.0. The van der Waals surface area contributed by atoms with Crippen LogP contribution < -0.4 is 0 Å². The molecule has 3 heterocycles. The minimum absolute atomic E-state index is 0.0648. The molecule has 8 heteroatoms. The number of nitrogens with zero attached hydrogens (tertiary/aromatic N) is 3. The Hall–Kier alpha value is -1.38. The van der Waals surface area contributed by atoms with Crippen molar-refractivity contribution >= 4 is 60.9 Å². The molecule has 1 spiro atoms. The second-order valence-electron chi connectivity index (χ2n) is 5.85. The number of nitrogens with one attached hydrogen (secondary N) is 1. The van der Waals surface area contributed by atoms with Gasteiger partial charge in [0.1, 0.15) is 5.69 Å². The van der Waals surface area contributed by atoms with Gasteiger partial charge < -0.3 is 9.88 Å². The molecule has 1 fully saturated rings. The first-order valence-corrected chi connectivity index (χ1v) is 10.2. The number of aromatic amines is 1. The highest BCUT2D eigenvalue weighted by atomic mass is 79.9. The Balaban J connectivity index is 1.59. The Morgan fingerprint density at radius 1 is 1.28 bits per heavy atom. The van der Waals surface area contributed by atoms with Gasteiger partial charge in [-0.2, -0.15) is 0 Å². The lowest BCUT2D eigenvalue weighted by Gasteiger charge is -2.29. The lowest BCUT2D eigenvalue weighted by Crippen LogP contribution is -2.46. The molecule has 1 amide bonds. The van der Waals surface area contributed by atoms with Crippen LogP contribution in [0.25, 0.3) is 0 Å². The van der Waals surface area contributed by atoms with Crippen LogP contribution in [0.4, 0.5) is 0 Å². The molecule has 0 aliphatic carbocycles. The second kappa shape index (κ2) is 6.74. The van der Waals surface area contributed by atoms with Crippen LogP contribution >= 0.6 is 43.6 Å². The van der Waals surface area contributed by atoms with Crippen LogP contribution in [0.5, 0.6) is 0 Å². The van der Waals surface area contributed by atoms with E-state index in [1.54, 1.807) is 11.0 Å². The first kappa shape index (κ1) is 17.1. The van der Waals surface area contributed by atoms with Crippen molar-refractivity contribution in [1.29, 1.82) is 0 Å². The van der Waals surface area contributed by atoms with E-state index < -0.39 is 5.66 Å². The summed E-state index contributed by atoms with van der Waals surface area (Å²) >= 11 is 8.31. The largest absolute Gasteiger partial charge is 0.344 e. The number of aromatic nitrogens is 1. The minimum Gasteiger partial charge on any atom is -0.344 e. The van der Waals surface area contributed by atoms with Gasteiger partial charge >= 0.3 is 0 Å². The van der Waals surface area contributed by atoms with Gasteiger partial charge in [-0.05, 0) is 62.9 Å². The molecule has 25 heavy (non-hydrogen) atoms. The Morgan fingerprint density at radius 3 is 2.80 bits per heavy atom. The molecule has 0 radical (unpaired) electrons. The van der Waals surface area contributed by atoms with Gasteiger partial charge in [-0.1, -0.05) is 30.0 Å². The summed E-state index contributed by atoms with van der Waals surface area (Å²) in [4.78, 5) is 28.2. The van der Waals surface area contributed by atoms with E-state index in [2.05, 4.69) is 41.8 Å². The highest BCUT2D eigenvalue weighted by Crippen LogP contribution is 2.36. The van der Waals surface area contributed by atoms with E-state index in [9.17, 15) is 4.79 Å². The predicted molar refractivity (Wildman–Crippen MR) is 107 cm³/mol. The van der Waals surface area contributed by atoms with Crippen molar-refractivity contribution in [3.8, 4) is 0 Å². The van der Waals surface area contributed by atoms with Crippen molar-refractivity contribution < 1.29 is 4.79 Å². The van der Waals surface area contributed by atoms with Gasteiger partial charge in [0.2, 0.25) is 0 Å². The summed E-state index contributed by atoms with van der Waals surface area (Å²) in [6, 6.07) is 11.8. The Labute approximate surface area is 166 Å². The number of halogens is 2. The monoisotopic (exact) mass is 480 g/mol. The van der Waals surface area contributed by atoms with E-state index in [-0.39, 0.29) is 5.91 Å². The zero-order valence-electron chi connectivity index (χ0n) is 13.1. The smallest absolute Gasteiger partial charge is 0.272 e. The number of amidine groups is 1. The third kappa shape index (κ3) is 3.22. The van der Waals surface area contributed by atoms with Crippen molar-refractivity contribution in [3.05, 3.63) is 51.2 Å². The average molecular weight is 482 g/mol. The van der Waals surface area contributed by atoms with E-state index >= 15 is 0 Å². The topological polar surface area (TPSA) is 60.8 Å². The molecular weight excluding hydrogens is 468 g/mol. The second-order valence-corrected chi connectivity index (χ2v) is 8.54. The SMILES string of the molecule is O=C(c1cc(Br)c(Br)[nH]1)N1CCC[C@]12C=NC(Sc1ccccc1)=N2. The van der Waals surface area contributed by atoms with Crippen LogP contribution in [0.15, 0.2) is 60.4 Å². The molecule has 5 nitrogen and oxygen atoms in total. The minimum atomic E-state index is -0.655. The molecule has 1 atom stereocenters. The van der Waals surface area contributed by atoms with Crippen LogP contribution in [-0.2, 0) is 0 Å². The molecule has 1 saturated heterocycles. The molecule has 0 bridgehead atoms. The van der Waals surface area contributed by atoms with Crippen molar-refractivity contribution in [2.24, 2.45) is 9.98 Å². The summed E-state index contributed by atoms with van der Waals surface area (Å²) in [5, 5.41) is 0.694. The van der Waals surface area contributed by atoms with Crippen molar-refractivity contribution in [1.82, 2.24) is 9.88 Å². The van der Waals surface area contributed by atoms with Crippen LogP contribution in [0.1, 0.15) is 23.3 Å². The zero-order valence-corrected chi connectivity index (χ0v) is 17.1. The Kier molecular flexibility index (Phi) is 4.59. The van der Waals surface area contributed by atoms with Gasteiger partial charge in [0.15, 0.2) is 10.8 Å². The van der Waals surface area contributed by atoms with Crippen molar-refractivity contribution in [2.45, 2.75) is 23.4 Å².